The highest BCUT2D eigenvalue weighted by atomic mass is 16.2. The van der Waals surface area contributed by atoms with E-state index in [0.29, 0.717) is 23.5 Å². The smallest absolute Gasteiger partial charge is 0.251 e. The molecule has 1 aliphatic rings. The lowest BCUT2D eigenvalue weighted by atomic mass is 9.81. The molecule has 1 aliphatic carbocycles. The zero-order valence-electron chi connectivity index (χ0n) is 12.9. The van der Waals surface area contributed by atoms with E-state index in [1.54, 1.807) is 30.6 Å². The van der Waals surface area contributed by atoms with Crippen LogP contribution in [0.4, 0.5) is 0 Å². The van der Waals surface area contributed by atoms with Crippen molar-refractivity contribution in [3.05, 3.63) is 36.2 Å². The first-order valence-corrected chi connectivity index (χ1v) is 7.92. The van der Waals surface area contributed by atoms with Crippen molar-refractivity contribution in [3.63, 3.8) is 0 Å². The highest BCUT2D eigenvalue weighted by Crippen LogP contribution is 2.28. The minimum atomic E-state index is -0.204. The summed E-state index contributed by atoms with van der Waals surface area (Å²) in [5.41, 5.74) is 7.41. The van der Waals surface area contributed by atoms with Crippen molar-refractivity contribution in [2.24, 2.45) is 17.6 Å². The summed E-state index contributed by atoms with van der Waals surface area (Å²) in [7, 11) is 0. The molecule has 1 fully saturated rings. The number of benzene rings is 1. The molecular weight excluding hydrogens is 292 g/mol. The van der Waals surface area contributed by atoms with Gasteiger partial charge in [-0.05, 0) is 49.8 Å². The molecule has 0 radical (unpaired) electrons. The van der Waals surface area contributed by atoms with Crippen LogP contribution in [0.1, 0.15) is 36.0 Å². The number of hydrogen-bond donors (Lipinski definition) is 2. The number of nitrogens with two attached hydrogens (primary N) is 1. The number of fused-ring (bicyclic) bond motifs is 1. The topological polar surface area (TPSA) is 98.0 Å². The molecule has 1 saturated carbocycles. The molecule has 120 valence electrons. The van der Waals surface area contributed by atoms with E-state index in [4.69, 9.17) is 5.73 Å². The molecule has 0 saturated heterocycles. The van der Waals surface area contributed by atoms with Crippen molar-refractivity contribution in [3.8, 4) is 0 Å². The summed E-state index contributed by atoms with van der Waals surface area (Å²) in [5, 5.41) is 2.97. The molecule has 1 aromatic heterocycles. The Labute approximate surface area is 134 Å². The lowest BCUT2D eigenvalue weighted by Gasteiger charge is -2.26. The lowest BCUT2D eigenvalue weighted by Crippen LogP contribution is -2.33. The van der Waals surface area contributed by atoms with Crippen LogP contribution in [-0.2, 0) is 4.79 Å². The number of carbonyl (C=O) groups is 2. The van der Waals surface area contributed by atoms with Crippen LogP contribution in [0.2, 0.25) is 0 Å². The molecule has 0 aliphatic heterocycles. The van der Waals surface area contributed by atoms with Gasteiger partial charge in [-0.3, -0.25) is 19.6 Å². The summed E-state index contributed by atoms with van der Waals surface area (Å²) >= 11 is 0. The Hall–Kier alpha value is -2.50. The van der Waals surface area contributed by atoms with Crippen LogP contribution in [-0.4, -0.2) is 28.3 Å². The second kappa shape index (κ2) is 6.73. The summed E-state index contributed by atoms with van der Waals surface area (Å²) in [6.45, 7) is 0.628. The monoisotopic (exact) mass is 312 g/mol. The molecule has 0 atom stereocenters. The number of nitrogens with zero attached hydrogens (tertiary/aromatic N) is 2. The molecule has 1 heterocycles. The molecule has 0 spiro atoms. The summed E-state index contributed by atoms with van der Waals surface area (Å²) in [6, 6.07) is 5.31. The van der Waals surface area contributed by atoms with E-state index in [-0.39, 0.29) is 17.7 Å². The van der Waals surface area contributed by atoms with Gasteiger partial charge in [0.2, 0.25) is 5.91 Å². The normalized spacial score (nSPS) is 21.0. The average molecular weight is 312 g/mol. The van der Waals surface area contributed by atoms with Crippen molar-refractivity contribution in [2.75, 3.05) is 6.54 Å². The molecule has 3 N–H and O–H groups in total. The molecule has 6 heteroatoms. The highest BCUT2D eigenvalue weighted by molar-refractivity contribution is 5.97. The summed E-state index contributed by atoms with van der Waals surface area (Å²) in [5.74, 6) is 0.107. The van der Waals surface area contributed by atoms with Gasteiger partial charge in [-0.15, -0.1) is 0 Å². The number of nitrogens with one attached hydrogen (secondary N) is 1. The first-order valence-electron chi connectivity index (χ1n) is 7.92. The van der Waals surface area contributed by atoms with Crippen molar-refractivity contribution in [1.29, 1.82) is 0 Å². The van der Waals surface area contributed by atoms with E-state index in [2.05, 4.69) is 15.3 Å². The first kappa shape index (κ1) is 15.4. The molecule has 2 aromatic rings. The number of hydrogen-bond acceptors (Lipinski definition) is 4. The number of carbonyl (C=O) groups excluding carboxylic acids is 2. The summed E-state index contributed by atoms with van der Waals surface area (Å²) < 4.78 is 0. The van der Waals surface area contributed by atoms with Crippen molar-refractivity contribution < 1.29 is 9.59 Å². The van der Waals surface area contributed by atoms with E-state index in [9.17, 15) is 9.59 Å². The minimum Gasteiger partial charge on any atom is -0.369 e. The predicted molar refractivity (Wildman–Crippen MR) is 86.5 cm³/mol. The van der Waals surface area contributed by atoms with E-state index < -0.39 is 0 Å². The molecule has 0 unspecified atom stereocenters. The van der Waals surface area contributed by atoms with Gasteiger partial charge in [0.25, 0.3) is 5.91 Å². The molecule has 2 amide bonds. The van der Waals surface area contributed by atoms with E-state index >= 15 is 0 Å². The quantitative estimate of drug-likeness (QED) is 0.897. The van der Waals surface area contributed by atoms with Crippen LogP contribution in [0.25, 0.3) is 11.0 Å². The number of aromatic nitrogens is 2. The van der Waals surface area contributed by atoms with Gasteiger partial charge in [0.05, 0.1) is 11.0 Å². The molecule has 0 bridgehead atoms. The molecule has 1 aromatic carbocycles. The van der Waals surface area contributed by atoms with Crippen LogP contribution >= 0.6 is 0 Å². The lowest BCUT2D eigenvalue weighted by molar-refractivity contribution is -0.122. The Bertz CT molecular complexity index is 723. The van der Waals surface area contributed by atoms with Crippen molar-refractivity contribution in [2.45, 2.75) is 25.7 Å². The Kier molecular flexibility index (Phi) is 4.50. The van der Waals surface area contributed by atoms with Crippen molar-refractivity contribution in [1.82, 2.24) is 15.3 Å². The third-order valence-electron chi connectivity index (χ3n) is 4.53. The van der Waals surface area contributed by atoms with Crippen LogP contribution in [0.15, 0.2) is 30.6 Å². The number of primary amides is 1. The van der Waals surface area contributed by atoms with Crippen molar-refractivity contribution >= 4 is 22.8 Å². The second-order valence-electron chi connectivity index (χ2n) is 6.09. The average Bonchev–Trinajstić information content (AvgIpc) is 2.59. The Morgan fingerprint density at radius 3 is 2.48 bits per heavy atom. The number of amides is 2. The minimum absolute atomic E-state index is 0.000939. The Balaban J connectivity index is 1.55. The predicted octanol–water partition coefficient (Wildman–Crippen LogP) is 1.65. The van der Waals surface area contributed by atoms with Gasteiger partial charge in [0, 0.05) is 30.4 Å². The fourth-order valence-electron chi connectivity index (χ4n) is 3.09. The standard InChI is InChI=1S/C17H20N4O2/c18-16(22)12-3-1-11(2-4-12)10-21-17(23)13-5-6-14-15(9-13)20-8-7-19-14/h5-9,11-12H,1-4,10H2,(H2,18,22)(H,21,23). The van der Waals surface area contributed by atoms with Gasteiger partial charge in [0.15, 0.2) is 0 Å². The largest absolute Gasteiger partial charge is 0.369 e. The molecular formula is C17H20N4O2. The summed E-state index contributed by atoms with van der Waals surface area (Å²) in [4.78, 5) is 31.8. The number of rotatable bonds is 4. The zero-order chi connectivity index (χ0) is 16.2. The maximum absolute atomic E-state index is 12.3. The zero-order valence-corrected chi connectivity index (χ0v) is 12.9. The van der Waals surface area contributed by atoms with E-state index in [1.165, 1.54) is 0 Å². The SMILES string of the molecule is NC(=O)C1CCC(CNC(=O)c2ccc3nccnc3c2)CC1. The highest BCUT2D eigenvalue weighted by Gasteiger charge is 2.24. The van der Waals surface area contributed by atoms with Gasteiger partial charge in [-0.2, -0.15) is 0 Å². The molecule has 23 heavy (non-hydrogen) atoms. The van der Waals surface area contributed by atoms with E-state index in [1.807, 2.05) is 0 Å². The van der Waals surface area contributed by atoms with Gasteiger partial charge >= 0.3 is 0 Å². The first-order chi connectivity index (χ1) is 11.1. The van der Waals surface area contributed by atoms with Gasteiger partial charge in [-0.25, -0.2) is 0 Å². The van der Waals surface area contributed by atoms with Crippen LogP contribution < -0.4 is 11.1 Å². The second-order valence-corrected chi connectivity index (χ2v) is 6.09. The molecule has 3 rings (SSSR count). The maximum atomic E-state index is 12.3. The Morgan fingerprint density at radius 1 is 1.09 bits per heavy atom. The van der Waals surface area contributed by atoms with Crippen LogP contribution in [0.5, 0.6) is 0 Å². The fourth-order valence-corrected chi connectivity index (χ4v) is 3.09. The van der Waals surface area contributed by atoms with Gasteiger partial charge in [0.1, 0.15) is 0 Å². The van der Waals surface area contributed by atoms with Gasteiger partial charge in [-0.1, -0.05) is 0 Å². The van der Waals surface area contributed by atoms with Crippen LogP contribution in [0, 0.1) is 11.8 Å². The third-order valence-corrected chi connectivity index (χ3v) is 4.53. The van der Waals surface area contributed by atoms with Crippen LogP contribution in [0.3, 0.4) is 0 Å². The fraction of sp³-hybridized carbons (Fsp3) is 0.412. The maximum Gasteiger partial charge on any atom is 0.251 e. The summed E-state index contributed by atoms with van der Waals surface area (Å²) in [6.07, 6.45) is 6.74. The van der Waals surface area contributed by atoms with Gasteiger partial charge < -0.3 is 11.1 Å². The van der Waals surface area contributed by atoms with E-state index in [0.717, 1.165) is 31.2 Å². The Morgan fingerprint density at radius 2 is 1.78 bits per heavy atom. The third kappa shape index (κ3) is 3.64. The molecule has 6 nitrogen and oxygen atoms in total.